The van der Waals surface area contributed by atoms with Crippen molar-refractivity contribution in [3.63, 3.8) is 0 Å². The molecule has 0 aliphatic carbocycles. The Morgan fingerprint density at radius 1 is 0.921 bits per heavy atom. The predicted molar refractivity (Wildman–Crippen MR) is 147 cm³/mol. The number of anilines is 1. The molecule has 192 valence electrons. The van der Waals surface area contributed by atoms with Gasteiger partial charge >= 0.3 is 0 Å². The number of halogens is 2. The first-order chi connectivity index (χ1) is 18.2. The molecule has 0 fully saturated rings. The van der Waals surface area contributed by atoms with Crippen molar-refractivity contribution in [3.05, 3.63) is 124 Å². The third-order valence-corrected chi connectivity index (χ3v) is 7.69. The van der Waals surface area contributed by atoms with Crippen LogP contribution in [0.15, 0.2) is 106 Å². The standard InChI is InChI=1S/C28H21Cl2N3O4S/c29-22-9-13-27(14-10-22)38(35,36)33(18-20-5-2-1-3-6-20)19-26-12-11-25(37-26)15-21(17-31)28(34)32-24-8-4-7-23(30)16-24/h1-16H,18-19H2,(H,32,34)/b21-15-. The molecule has 0 spiro atoms. The van der Waals surface area contributed by atoms with Crippen molar-refractivity contribution in [1.29, 1.82) is 5.26 Å². The predicted octanol–water partition coefficient (Wildman–Crippen LogP) is 6.52. The molecular formula is C28H21Cl2N3O4S. The van der Waals surface area contributed by atoms with Gasteiger partial charge in [0.05, 0.1) is 11.4 Å². The van der Waals surface area contributed by atoms with Crippen LogP contribution in [-0.2, 0) is 27.9 Å². The minimum absolute atomic E-state index is 0.0791. The first kappa shape index (κ1) is 27.2. The first-order valence-electron chi connectivity index (χ1n) is 11.3. The molecule has 0 atom stereocenters. The summed E-state index contributed by atoms with van der Waals surface area (Å²) in [5, 5.41) is 13.0. The summed E-state index contributed by atoms with van der Waals surface area (Å²) in [5.74, 6) is -0.0812. The van der Waals surface area contributed by atoms with Crippen LogP contribution in [-0.4, -0.2) is 18.6 Å². The topological polar surface area (TPSA) is 103 Å². The molecule has 1 N–H and O–H groups in total. The zero-order valence-corrected chi connectivity index (χ0v) is 22.2. The highest BCUT2D eigenvalue weighted by atomic mass is 35.5. The van der Waals surface area contributed by atoms with Gasteiger partial charge in [0, 0.05) is 28.4 Å². The van der Waals surface area contributed by atoms with Crippen LogP contribution in [0.25, 0.3) is 6.08 Å². The second-order valence-electron chi connectivity index (χ2n) is 8.15. The van der Waals surface area contributed by atoms with Gasteiger partial charge in [0.15, 0.2) is 0 Å². The molecular weight excluding hydrogens is 545 g/mol. The maximum Gasteiger partial charge on any atom is 0.266 e. The third kappa shape index (κ3) is 6.91. The number of nitrogens with zero attached hydrogens (tertiary/aromatic N) is 2. The lowest BCUT2D eigenvalue weighted by atomic mass is 10.2. The fourth-order valence-electron chi connectivity index (χ4n) is 3.55. The summed E-state index contributed by atoms with van der Waals surface area (Å²) in [4.78, 5) is 12.7. The van der Waals surface area contributed by atoms with Gasteiger partial charge in [-0.05, 0) is 60.2 Å². The Balaban J connectivity index is 1.57. The highest BCUT2D eigenvalue weighted by molar-refractivity contribution is 7.89. The van der Waals surface area contributed by atoms with Crippen molar-refractivity contribution >= 4 is 50.9 Å². The van der Waals surface area contributed by atoms with Crippen LogP contribution < -0.4 is 5.32 Å². The van der Waals surface area contributed by atoms with Gasteiger partial charge in [-0.2, -0.15) is 9.57 Å². The molecule has 10 heteroatoms. The number of hydrogen-bond donors (Lipinski definition) is 1. The Labute approximate surface area is 230 Å². The van der Waals surface area contributed by atoms with Crippen LogP contribution in [0.4, 0.5) is 5.69 Å². The van der Waals surface area contributed by atoms with E-state index in [-0.39, 0.29) is 29.3 Å². The Hall–Kier alpha value is -3.87. The number of hydrogen-bond acceptors (Lipinski definition) is 5. The number of carbonyl (C=O) groups is 1. The molecule has 4 aromatic rings. The van der Waals surface area contributed by atoms with Crippen LogP contribution in [0, 0.1) is 11.3 Å². The van der Waals surface area contributed by atoms with E-state index in [9.17, 15) is 18.5 Å². The average Bonchev–Trinajstić information content (AvgIpc) is 3.34. The van der Waals surface area contributed by atoms with Crippen molar-refractivity contribution in [2.45, 2.75) is 18.0 Å². The van der Waals surface area contributed by atoms with E-state index < -0.39 is 15.9 Å². The van der Waals surface area contributed by atoms with Gasteiger partial charge in [0.2, 0.25) is 10.0 Å². The van der Waals surface area contributed by atoms with Crippen molar-refractivity contribution in [2.75, 3.05) is 5.32 Å². The molecule has 4 rings (SSSR count). The Kier molecular flexibility index (Phi) is 8.66. The number of sulfonamides is 1. The number of furan rings is 1. The van der Waals surface area contributed by atoms with E-state index in [0.29, 0.717) is 21.5 Å². The molecule has 1 heterocycles. The largest absolute Gasteiger partial charge is 0.460 e. The van der Waals surface area contributed by atoms with Gasteiger partial charge in [-0.1, -0.05) is 59.6 Å². The minimum atomic E-state index is -3.91. The molecule has 0 saturated carbocycles. The average molecular weight is 566 g/mol. The molecule has 0 radical (unpaired) electrons. The number of nitrogens with one attached hydrogen (secondary N) is 1. The molecule has 38 heavy (non-hydrogen) atoms. The fraction of sp³-hybridized carbons (Fsp3) is 0.0714. The van der Waals surface area contributed by atoms with Crippen LogP contribution in [0.5, 0.6) is 0 Å². The Bertz CT molecular complexity index is 1610. The summed E-state index contributed by atoms with van der Waals surface area (Å²) >= 11 is 11.9. The molecule has 1 amide bonds. The summed E-state index contributed by atoms with van der Waals surface area (Å²) < 4.78 is 34.1. The van der Waals surface area contributed by atoms with Crippen LogP contribution >= 0.6 is 23.2 Å². The second kappa shape index (κ2) is 12.1. The van der Waals surface area contributed by atoms with E-state index >= 15 is 0 Å². The quantitative estimate of drug-likeness (QED) is 0.184. The van der Waals surface area contributed by atoms with E-state index in [2.05, 4.69) is 5.32 Å². The molecule has 1 aromatic heterocycles. The maximum absolute atomic E-state index is 13.5. The van der Waals surface area contributed by atoms with Crippen molar-refractivity contribution in [3.8, 4) is 6.07 Å². The SMILES string of the molecule is N#C/C(=C/c1ccc(CN(Cc2ccccc2)S(=O)(=O)c2ccc(Cl)cc2)o1)C(=O)Nc1cccc(Cl)c1. The lowest BCUT2D eigenvalue weighted by Crippen LogP contribution is -2.30. The molecule has 0 aliphatic rings. The maximum atomic E-state index is 13.5. The number of carbonyl (C=O) groups excluding carboxylic acids is 1. The van der Waals surface area contributed by atoms with Crippen molar-refractivity contribution < 1.29 is 17.6 Å². The summed E-state index contributed by atoms with van der Waals surface area (Å²) in [6, 6.07) is 26.7. The van der Waals surface area contributed by atoms with Crippen molar-refractivity contribution in [2.24, 2.45) is 0 Å². The number of rotatable bonds is 9. The van der Waals surface area contributed by atoms with Crippen LogP contribution in [0.1, 0.15) is 17.1 Å². The summed E-state index contributed by atoms with van der Waals surface area (Å²) in [6.45, 7) is 0.0213. The molecule has 3 aromatic carbocycles. The van der Waals surface area contributed by atoms with Gasteiger partial charge in [-0.15, -0.1) is 0 Å². The van der Waals surface area contributed by atoms with E-state index in [1.54, 1.807) is 36.4 Å². The highest BCUT2D eigenvalue weighted by Crippen LogP contribution is 2.24. The summed E-state index contributed by atoms with van der Waals surface area (Å²) in [6.07, 6.45) is 1.29. The molecule has 0 aliphatic heterocycles. The number of benzene rings is 3. The van der Waals surface area contributed by atoms with Gasteiger partial charge in [0.1, 0.15) is 23.2 Å². The van der Waals surface area contributed by atoms with E-state index in [4.69, 9.17) is 27.6 Å². The first-order valence-corrected chi connectivity index (χ1v) is 13.5. The zero-order chi connectivity index (χ0) is 27.1. The lowest BCUT2D eigenvalue weighted by Gasteiger charge is -2.21. The Morgan fingerprint density at radius 2 is 1.66 bits per heavy atom. The van der Waals surface area contributed by atoms with Gasteiger partial charge in [-0.25, -0.2) is 8.42 Å². The van der Waals surface area contributed by atoms with Gasteiger partial charge in [-0.3, -0.25) is 4.79 Å². The summed E-state index contributed by atoms with van der Waals surface area (Å²) in [5.41, 5.74) is 1.04. The summed E-state index contributed by atoms with van der Waals surface area (Å²) in [7, 11) is -3.91. The molecule has 0 saturated heterocycles. The van der Waals surface area contributed by atoms with E-state index in [1.165, 1.54) is 34.6 Å². The normalized spacial score (nSPS) is 11.8. The zero-order valence-electron chi connectivity index (χ0n) is 19.8. The van der Waals surface area contributed by atoms with E-state index in [0.717, 1.165) is 5.56 Å². The van der Waals surface area contributed by atoms with Gasteiger partial charge < -0.3 is 9.73 Å². The third-order valence-electron chi connectivity index (χ3n) is 5.40. The number of nitriles is 1. The van der Waals surface area contributed by atoms with Gasteiger partial charge in [0.25, 0.3) is 5.91 Å². The van der Waals surface area contributed by atoms with E-state index in [1.807, 2.05) is 36.4 Å². The highest BCUT2D eigenvalue weighted by Gasteiger charge is 2.26. The molecule has 0 unspecified atom stereocenters. The van der Waals surface area contributed by atoms with Crippen LogP contribution in [0.2, 0.25) is 10.0 Å². The van der Waals surface area contributed by atoms with Crippen molar-refractivity contribution in [1.82, 2.24) is 4.31 Å². The number of amides is 1. The minimum Gasteiger partial charge on any atom is -0.460 e. The fourth-order valence-corrected chi connectivity index (χ4v) is 5.27. The lowest BCUT2D eigenvalue weighted by molar-refractivity contribution is -0.112. The smallest absolute Gasteiger partial charge is 0.266 e. The Morgan fingerprint density at radius 3 is 2.34 bits per heavy atom. The second-order valence-corrected chi connectivity index (χ2v) is 11.0. The van der Waals surface area contributed by atoms with Crippen LogP contribution in [0.3, 0.4) is 0 Å². The molecule has 0 bridgehead atoms. The molecule has 7 nitrogen and oxygen atoms in total. The monoisotopic (exact) mass is 565 g/mol.